The van der Waals surface area contributed by atoms with Crippen LogP contribution in [0.2, 0.25) is 5.02 Å². The third-order valence-corrected chi connectivity index (χ3v) is 4.89. The van der Waals surface area contributed by atoms with E-state index < -0.39 is 10.3 Å². The largest absolute Gasteiger partial charge is 0.365 e. The summed E-state index contributed by atoms with van der Waals surface area (Å²) in [6, 6.07) is 17.2. The van der Waals surface area contributed by atoms with Gasteiger partial charge in [-0.15, -0.1) is 0 Å². The Morgan fingerprint density at radius 1 is 1.12 bits per heavy atom. The van der Waals surface area contributed by atoms with Gasteiger partial charge in [-0.05, 0) is 23.6 Å². The fraction of sp³-hybridized carbons (Fsp3) is 0.294. The summed E-state index contributed by atoms with van der Waals surface area (Å²) in [5.41, 5.74) is 1.85. The third kappa shape index (κ3) is 4.15. The minimum Gasteiger partial charge on any atom is -0.365 e. The SMILES string of the molecule is NS(=O)(=O)OC[C@@H]1CC(c2ccccc2)O[C@H]1c1ccccc1Cl. The maximum Gasteiger partial charge on any atom is 0.333 e. The Morgan fingerprint density at radius 2 is 1.79 bits per heavy atom. The molecule has 2 aromatic carbocycles. The van der Waals surface area contributed by atoms with Gasteiger partial charge < -0.3 is 4.74 Å². The van der Waals surface area contributed by atoms with Crippen LogP contribution in [0.5, 0.6) is 0 Å². The highest BCUT2D eigenvalue weighted by atomic mass is 35.5. The highest BCUT2D eigenvalue weighted by Crippen LogP contribution is 2.46. The molecule has 1 fully saturated rings. The van der Waals surface area contributed by atoms with E-state index in [1.165, 1.54) is 0 Å². The van der Waals surface area contributed by atoms with Gasteiger partial charge in [0.15, 0.2) is 0 Å². The van der Waals surface area contributed by atoms with Gasteiger partial charge in [0, 0.05) is 10.9 Å². The van der Waals surface area contributed by atoms with Crippen LogP contribution in [0.3, 0.4) is 0 Å². The van der Waals surface area contributed by atoms with Crippen LogP contribution in [-0.4, -0.2) is 15.0 Å². The van der Waals surface area contributed by atoms with E-state index in [1.54, 1.807) is 6.07 Å². The van der Waals surface area contributed by atoms with E-state index >= 15 is 0 Å². The zero-order valence-electron chi connectivity index (χ0n) is 12.8. The summed E-state index contributed by atoms with van der Waals surface area (Å²) in [5, 5.41) is 5.54. The molecule has 0 amide bonds. The van der Waals surface area contributed by atoms with Gasteiger partial charge in [-0.3, -0.25) is 4.18 Å². The Bertz CT molecular complexity index is 797. The van der Waals surface area contributed by atoms with E-state index in [0.717, 1.165) is 11.1 Å². The molecule has 1 heterocycles. The highest BCUT2D eigenvalue weighted by Gasteiger charge is 2.38. The van der Waals surface area contributed by atoms with Crippen molar-refractivity contribution in [3.05, 3.63) is 70.7 Å². The van der Waals surface area contributed by atoms with E-state index in [-0.39, 0.29) is 24.7 Å². The lowest BCUT2D eigenvalue weighted by Gasteiger charge is -2.19. The number of rotatable bonds is 5. The molecule has 3 rings (SSSR count). The standard InChI is InChI=1S/C17H18ClNO4S/c18-15-9-5-4-8-14(15)17-13(11-22-24(19,20)21)10-16(23-17)12-6-2-1-3-7-12/h1-9,13,16-17H,10-11H2,(H2,19,20,21)/t13-,16?,17+/m0/s1. The lowest BCUT2D eigenvalue weighted by Crippen LogP contribution is -2.22. The lowest BCUT2D eigenvalue weighted by molar-refractivity contribution is 0.0271. The Morgan fingerprint density at radius 3 is 2.46 bits per heavy atom. The van der Waals surface area contributed by atoms with Gasteiger partial charge in [-0.25, -0.2) is 5.14 Å². The Labute approximate surface area is 146 Å². The third-order valence-electron chi connectivity index (χ3n) is 4.09. The summed E-state index contributed by atoms with van der Waals surface area (Å²) in [4.78, 5) is 0. The van der Waals surface area contributed by atoms with Gasteiger partial charge in [0.2, 0.25) is 0 Å². The first-order chi connectivity index (χ1) is 11.4. The van der Waals surface area contributed by atoms with Crippen LogP contribution in [0.25, 0.3) is 0 Å². The maximum absolute atomic E-state index is 11.1. The van der Waals surface area contributed by atoms with Crippen molar-refractivity contribution in [2.75, 3.05) is 6.61 Å². The monoisotopic (exact) mass is 367 g/mol. The second kappa shape index (κ2) is 7.21. The zero-order chi connectivity index (χ0) is 17.2. The lowest BCUT2D eigenvalue weighted by atomic mass is 9.93. The molecule has 7 heteroatoms. The quantitative estimate of drug-likeness (QED) is 0.878. The average Bonchev–Trinajstić information content (AvgIpc) is 2.98. The van der Waals surface area contributed by atoms with E-state index in [2.05, 4.69) is 0 Å². The second-order valence-corrected chi connectivity index (χ2v) is 7.38. The van der Waals surface area contributed by atoms with E-state index in [0.29, 0.717) is 11.4 Å². The minimum atomic E-state index is -4.00. The first-order valence-electron chi connectivity index (χ1n) is 7.56. The van der Waals surface area contributed by atoms with Gasteiger partial charge in [0.25, 0.3) is 0 Å². The summed E-state index contributed by atoms with van der Waals surface area (Å²) in [6.45, 7) is -0.0436. The van der Waals surface area contributed by atoms with Crippen LogP contribution >= 0.6 is 11.6 Å². The predicted molar refractivity (Wildman–Crippen MR) is 91.6 cm³/mol. The van der Waals surface area contributed by atoms with Gasteiger partial charge in [0.1, 0.15) is 0 Å². The number of nitrogens with two attached hydrogens (primary N) is 1. The van der Waals surface area contributed by atoms with Crippen LogP contribution in [-0.2, 0) is 19.2 Å². The van der Waals surface area contributed by atoms with Crippen molar-refractivity contribution in [2.45, 2.75) is 18.6 Å². The molecule has 1 saturated heterocycles. The van der Waals surface area contributed by atoms with Crippen molar-refractivity contribution in [1.82, 2.24) is 0 Å². The molecule has 0 radical (unpaired) electrons. The number of hydrogen-bond donors (Lipinski definition) is 1. The number of halogens is 1. The highest BCUT2D eigenvalue weighted by molar-refractivity contribution is 7.84. The molecule has 5 nitrogen and oxygen atoms in total. The van der Waals surface area contributed by atoms with Crippen molar-refractivity contribution in [1.29, 1.82) is 0 Å². The molecule has 2 aromatic rings. The Hall–Kier alpha value is -1.44. The number of ether oxygens (including phenoxy) is 1. The summed E-state index contributed by atoms with van der Waals surface area (Å²) in [6.07, 6.45) is 0.113. The first kappa shape index (κ1) is 17.4. The molecule has 2 N–H and O–H groups in total. The van der Waals surface area contributed by atoms with Crippen LogP contribution in [0, 0.1) is 5.92 Å². The summed E-state index contributed by atoms with van der Waals surface area (Å²) < 4.78 is 33.3. The van der Waals surface area contributed by atoms with Crippen molar-refractivity contribution < 1.29 is 17.3 Å². The van der Waals surface area contributed by atoms with Crippen molar-refractivity contribution >= 4 is 21.9 Å². The first-order valence-corrected chi connectivity index (χ1v) is 9.41. The number of hydrogen-bond acceptors (Lipinski definition) is 4. The van der Waals surface area contributed by atoms with Gasteiger partial charge in [0.05, 0.1) is 18.8 Å². The van der Waals surface area contributed by atoms with Crippen LogP contribution in [0.4, 0.5) is 0 Å². The normalized spacial score (nSPS) is 24.2. The molecular weight excluding hydrogens is 350 g/mol. The van der Waals surface area contributed by atoms with Crippen LogP contribution in [0.1, 0.15) is 29.8 Å². The molecule has 0 saturated carbocycles. The topological polar surface area (TPSA) is 78.6 Å². The van der Waals surface area contributed by atoms with Gasteiger partial charge in [-0.1, -0.05) is 60.1 Å². The van der Waals surface area contributed by atoms with E-state index in [9.17, 15) is 8.42 Å². The number of benzene rings is 2. The molecule has 0 spiro atoms. The van der Waals surface area contributed by atoms with Crippen LogP contribution in [0.15, 0.2) is 54.6 Å². The zero-order valence-corrected chi connectivity index (χ0v) is 14.4. The molecule has 24 heavy (non-hydrogen) atoms. The minimum absolute atomic E-state index is 0.0436. The molecule has 1 aliphatic heterocycles. The summed E-state index contributed by atoms with van der Waals surface area (Å²) in [5.74, 6) is -0.173. The molecule has 0 aliphatic carbocycles. The van der Waals surface area contributed by atoms with E-state index in [4.69, 9.17) is 25.7 Å². The molecular formula is C17H18ClNO4S. The molecule has 0 bridgehead atoms. The summed E-state index contributed by atoms with van der Waals surface area (Å²) in [7, 11) is -4.00. The van der Waals surface area contributed by atoms with Crippen LogP contribution < -0.4 is 5.14 Å². The summed E-state index contributed by atoms with van der Waals surface area (Å²) >= 11 is 6.29. The Balaban J connectivity index is 1.86. The van der Waals surface area contributed by atoms with Crippen molar-refractivity contribution in [3.8, 4) is 0 Å². The molecule has 1 unspecified atom stereocenters. The van der Waals surface area contributed by atoms with Gasteiger partial charge >= 0.3 is 10.3 Å². The fourth-order valence-electron chi connectivity index (χ4n) is 3.00. The second-order valence-electron chi connectivity index (χ2n) is 5.75. The average molecular weight is 368 g/mol. The smallest absolute Gasteiger partial charge is 0.333 e. The Kier molecular flexibility index (Phi) is 5.22. The molecule has 1 aliphatic rings. The predicted octanol–water partition coefficient (Wildman–Crippen LogP) is 3.38. The molecule has 0 aromatic heterocycles. The fourth-order valence-corrected chi connectivity index (χ4v) is 3.60. The van der Waals surface area contributed by atoms with E-state index in [1.807, 2.05) is 48.5 Å². The maximum atomic E-state index is 11.1. The van der Waals surface area contributed by atoms with Crippen molar-refractivity contribution in [3.63, 3.8) is 0 Å². The van der Waals surface area contributed by atoms with Crippen molar-refractivity contribution in [2.24, 2.45) is 11.1 Å². The molecule has 128 valence electrons. The molecule has 3 atom stereocenters. The van der Waals surface area contributed by atoms with Gasteiger partial charge in [-0.2, -0.15) is 8.42 Å².